The molecule has 1 aromatic rings. The van der Waals surface area contributed by atoms with Crippen LogP contribution in [0.4, 0.5) is 0 Å². The van der Waals surface area contributed by atoms with Gasteiger partial charge in [0, 0.05) is 12.8 Å². The van der Waals surface area contributed by atoms with Crippen LogP contribution in [0.5, 0.6) is 0 Å². The number of aryl methyl sites for hydroxylation is 2. The molecule has 0 fully saturated rings. The summed E-state index contributed by atoms with van der Waals surface area (Å²) < 4.78 is 12.1. The van der Waals surface area contributed by atoms with Gasteiger partial charge >= 0.3 is 0 Å². The molecule has 1 aliphatic rings. The van der Waals surface area contributed by atoms with Crippen molar-refractivity contribution in [1.82, 2.24) is 0 Å². The number of rotatable bonds is 2. The van der Waals surface area contributed by atoms with Gasteiger partial charge in [-0.1, -0.05) is 0 Å². The lowest BCUT2D eigenvalue weighted by Crippen LogP contribution is -2.29. The second kappa shape index (κ2) is 8.23. The van der Waals surface area contributed by atoms with E-state index in [2.05, 4.69) is 31.8 Å². The van der Waals surface area contributed by atoms with Crippen molar-refractivity contribution >= 4 is 8.32 Å². The Morgan fingerprint density at radius 2 is 1.77 bits per heavy atom. The predicted molar refractivity (Wildman–Crippen MR) is 92.1 cm³/mol. The number of fused-ring (bicyclic) bond motifs is 2. The van der Waals surface area contributed by atoms with Gasteiger partial charge in [0.2, 0.25) is 6.10 Å². The van der Waals surface area contributed by atoms with Crippen LogP contribution in [0.1, 0.15) is 56.5 Å². The van der Waals surface area contributed by atoms with Crippen LogP contribution in [0.3, 0.4) is 0 Å². The Morgan fingerprint density at radius 1 is 1.09 bits per heavy atom. The Labute approximate surface area is 136 Å². The van der Waals surface area contributed by atoms with Gasteiger partial charge in [-0.25, -0.2) is 4.43 Å². The van der Waals surface area contributed by atoms with Crippen molar-refractivity contribution < 1.29 is 13.9 Å². The Morgan fingerprint density at radius 3 is 2.45 bits per heavy atom. The maximum Gasteiger partial charge on any atom is 0.253 e. The van der Waals surface area contributed by atoms with Gasteiger partial charge in [0.25, 0.3) is 8.32 Å². The Kier molecular flexibility index (Phi) is 6.60. The zero-order valence-electron chi connectivity index (χ0n) is 14.4. The third kappa shape index (κ3) is 6.59. The number of hydrogen-bond donors (Lipinski definition) is 1. The first-order valence-corrected chi connectivity index (χ1v) is 12.1. The number of aliphatic hydroxyl groups excluding tert-OH is 1. The topological polar surface area (TPSA) is 42.6 Å². The Bertz CT molecular complexity index is 436. The zero-order valence-corrected chi connectivity index (χ0v) is 15.4. The Balaban J connectivity index is 1.93. The molecule has 0 saturated carbocycles. The van der Waals surface area contributed by atoms with Gasteiger partial charge in [0.1, 0.15) is 24.4 Å². The SMILES string of the molecule is C[Si](C)(C)O[C+]1CCCCCc2ccc(o2)CCCC(O)C1. The molecule has 0 spiro atoms. The van der Waals surface area contributed by atoms with Crippen LogP contribution in [0.25, 0.3) is 0 Å². The molecule has 1 N–H and O–H groups in total. The average molecular weight is 324 g/mol. The summed E-state index contributed by atoms with van der Waals surface area (Å²) >= 11 is 0. The van der Waals surface area contributed by atoms with Crippen molar-refractivity contribution in [3.05, 3.63) is 29.8 Å². The zero-order chi connectivity index (χ0) is 16.0. The summed E-state index contributed by atoms with van der Waals surface area (Å²) in [4.78, 5) is 0. The van der Waals surface area contributed by atoms with Crippen LogP contribution in [0.2, 0.25) is 19.6 Å². The van der Waals surface area contributed by atoms with Gasteiger partial charge < -0.3 is 9.52 Å². The fraction of sp³-hybridized carbons (Fsp3) is 0.722. The molecule has 0 aliphatic carbocycles. The van der Waals surface area contributed by atoms with E-state index in [9.17, 15) is 5.11 Å². The minimum Gasteiger partial charge on any atom is -0.466 e. The second-order valence-corrected chi connectivity index (χ2v) is 11.9. The number of aliphatic hydroxyl groups is 1. The molecule has 1 atom stereocenters. The summed E-state index contributed by atoms with van der Waals surface area (Å²) in [5, 5.41) is 10.3. The van der Waals surface area contributed by atoms with Crippen molar-refractivity contribution in [1.29, 1.82) is 0 Å². The highest BCUT2D eigenvalue weighted by Crippen LogP contribution is 2.26. The van der Waals surface area contributed by atoms with Gasteiger partial charge in [-0.15, -0.1) is 0 Å². The molecule has 3 nitrogen and oxygen atoms in total. The van der Waals surface area contributed by atoms with Crippen molar-refractivity contribution in [2.45, 2.75) is 83.5 Å². The highest BCUT2D eigenvalue weighted by molar-refractivity contribution is 6.69. The van der Waals surface area contributed by atoms with E-state index in [4.69, 9.17) is 8.84 Å². The minimum absolute atomic E-state index is 0.288. The molecule has 124 valence electrons. The molecule has 1 unspecified atom stereocenters. The molecule has 0 aromatic carbocycles. The van der Waals surface area contributed by atoms with Gasteiger partial charge in [-0.05, 0) is 63.9 Å². The minimum atomic E-state index is -1.58. The molecule has 2 rings (SSSR count). The highest BCUT2D eigenvalue weighted by atomic mass is 28.4. The van der Waals surface area contributed by atoms with Crippen LogP contribution in [0.15, 0.2) is 16.5 Å². The summed E-state index contributed by atoms with van der Waals surface area (Å²) in [6, 6.07) is 4.20. The third-order valence-corrected chi connectivity index (χ3v) is 4.87. The van der Waals surface area contributed by atoms with E-state index in [0.717, 1.165) is 62.6 Å². The molecule has 0 radical (unpaired) electrons. The molecule has 22 heavy (non-hydrogen) atoms. The van der Waals surface area contributed by atoms with E-state index in [1.54, 1.807) is 0 Å². The molecule has 1 aliphatic heterocycles. The first-order chi connectivity index (χ1) is 10.4. The number of hydrogen-bond acceptors (Lipinski definition) is 3. The van der Waals surface area contributed by atoms with Crippen LogP contribution < -0.4 is 0 Å². The molecule has 0 amide bonds. The first-order valence-electron chi connectivity index (χ1n) is 8.72. The Hall–Kier alpha value is -0.713. The van der Waals surface area contributed by atoms with Crippen molar-refractivity contribution in [2.75, 3.05) is 0 Å². The molecule has 2 bridgehead atoms. The lowest BCUT2D eigenvalue weighted by molar-refractivity contribution is 0.124. The molecule has 2 heterocycles. The molecule has 0 saturated heterocycles. The van der Waals surface area contributed by atoms with E-state index < -0.39 is 8.32 Å². The third-order valence-electron chi connectivity index (χ3n) is 3.97. The summed E-state index contributed by atoms with van der Waals surface area (Å²) in [6.07, 6.45) is 9.75. The van der Waals surface area contributed by atoms with E-state index in [1.807, 2.05) is 0 Å². The maximum atomic E-state index is 10.3. The van der Waals surface area contributed by atoms with E-state index in [1.165, 1.54) is 6.42 Å². The monoisotopic (exact) mass is 323 g/mol. The molecular formula is C18H31O3Si+. The molecular weight excluding hydrogens is 292 g/mol. The van der Waals surface area contributed by atoms with Crippen molar-refractivity contribution in [3.63, 3.8) is 0 Å². The summed E-state index contributed by atoms with van der Waals surface area (Å²) in [6.45, 7) is 6.64. The summed E-state index contributed by atoms with van der Waals surface area (Å²) in [7, 11) is -1.58. The van der Waals surface area contributed by atoms with Crippen molar-refractivity contribution in [2.24, 2.45) is 0 Å². The highest BCUT2D eigenvalue weighted by Gasteiger charge is 2.33. The summed E-state index contributed by atoms with van der Waals surface area (Å²) in [5.41, 5.74) is 0. The summed E-state index contributed by atoms with van der Waals surface area (Å²) in [5.74, 6) is 2.16. The first kappa shape index (κ1) is 17.6. The van der Waals surface area contributed by atoms with Crippen molar-refractivity contribution in [3.8, 4) is 0 Å². The van der Waals surface area contributed by atoms with Crippen LogP contribution in [-0.4, -0.2) is 19.5 Å². The normalized spacial score (nSPS) is 22.4. The quantitative estimate of drug-likeness (QED) is 0.624. The smallest absolute Gasteiger partial charge is 0.253 e. The van der Waals surface area contributed by atoms with E-state index in [0.29, 0.717) is 6.42 Å². The van der Waals surface area contributed by atoms with E-state index >= 15 is 0 Å². The van der Waals surface area contributed by atoms with E-state index in [-0.39, 0.29) is 6.10 Å². The predicted octanol–water partition coefficient (Wildman–Crippen LogP) is 4.85. The van der Waals surface area contributed by atoms with Crippen LogP contribution >= 0.6 is 0 Å². The lowest BCUT2D eigenvalue weighted by Gasteiger charge is -2.18. The van der Waals surface area contributed by atoms with Gasteiger partial charge in [-0.3, -0.25) is 0 Å². The molecule has 4 heteroatoms. The van der Waals surface area contributed by atoms with Crippen LogP contribution in [0, 0.1) is 6.10 Å². The lowest BCUT2D eigenvalue weighted by atomic mass is 10.0. The average Bonchev–Trinajstić information content (AvgIpc) is 2.83. The van der Waals surface area contributed by atoms with Gasteiger partial charge in [0.05, 0.1) is 6.10 Å². The maximum absolute atomic E-state index is 10.3. The van der Waals surface area contributed by atoms with Gasteiger partial charge in [0.15, 0.2) is 0 Å². The second-order valence-electron chi connectivity index (χ2n) is 7.43. The fourth-order valence-corrected chi connectivity index (χ4v) is 4.05. The molecule has 1 aromatic heterocycles. The fourth-order valence-electron chi connectivity index (χ4n) is 2.99. The number of furan rings is 1. The largest absolute Gasteiger partial charge is 0.466 e. The van der Waals surface area contributed by atoms with Crippen LogP contribution in [-0.2, 0) is 17.3 Å². The van der Waals surface area contributed by atoms with Gasteiger partial charge in [-0.2, -0.15) is 0 Å². The standard InChI is InChI=1S/C18H31O3Si/c1-22(2,3)21-18-10-6-4-5-9-16-12-13-17(20-16)11-7-8-15(19)14-18/h12-13,15,19H,4-11,14H2,1-3H3/q+1.